The van der Waals surface area contributed by atoms with E-state index in [0.29, 0.717) is 18.9 Å². The van der Waals surface area contributed by atoms with Gasteiger partial charge < -0.3 is 14.8 Å². The van der Waals surface area contributed by atoms with E-state index in [1.807, 2.05) is 20.8 Å². The van der Waals surface area contributed by atoms with Crippen molar-refractivity contribution < 1.29 is 19.1 Å². The number of esters is 1. The summed E-state index contributed by atoms with van der Waals surface area (Å²) < 4.78 is 9.85. The second kappa shape index (κ2) is 9.61. The Labute approximate surface area is 122 Å². The van der Waals surface area contributed by atoms with Gasteiger partial charge in [0.15, 0.2) is 0 Å². The molecule has 1 unspecified atom stereocenters. The highest BCUT2D eigenvalue weighted by atomic mass is 16.6. The summed E-state index contributed by atoms with van der Waals surface area (Å²) in [5.74, 6) is 0.163. The molecule has 0 aliphatic rings. The van der Waals surface area contributed by atoms with Crippen molar-refractivity contribution in [1.29, 1.82) is 0 Å². The molecule has 118 valence electrons. The number of amides is 1. The number of carbonyl (C=O) groups excluding carboxylic acids is 2. The van der Waals surface area contributed by atoms with Crippen LogP contribution in [-0.4, -0.2) is 31.3 Å². The molecule has 0 spiro atoms. The van der Waals surface area contributed by atoms with Gasteiger partial charge >= 0.3 is 12.1 Å². The molecule has 5 heteroatoms. The van der Waals surface area contributed by atoms with Gasteiger partial charge in [-0.2, -0.15) is 0 Å². The van der Waals surface area contributed by atoms with Crippen LogP contribution < -0.4 is 5.32 Å². The normalized spacial score (nSPS) is 12.7. The minimum Gasteiger partial charge on any atom is -0.469 e. The molecule has 1 atom stereocenters. The van der Waals surface area contributed by atoms with Gasteiger partial charge in [0.2, 0.25) is 0 Å². The Morgan fingerprint density at radius 3 is 2.35 bits per heavy atom. The Morgan fingerprint density at radius 2 is 1.85 bits per heavy atom. The molecular formula is C15H29NO4. The van der Waals surface area contributed by atoms with Crippen molar-refractivity contribution in [2.75, 3.05) is 13.7 Å². The lowest BCUT2D eigenvalue weighted by Gasteiger charge is -2.20. The lowest BCUT2D eigenvalue weighted by Crippen LogP contribution is -2.33. The Morgan fingerprint density at radius 1 is 1.20 bits per heavy atom. The van der Waals surface area contributed by atoms with E-state index >= 15 is 0 Å². The summed E-state index contributed by atoms with van der Waals surface area (Å²) in [7, 11) is 1.41. The van der Waals surface area contributed by atoms with Gasteiger partial charge in [-0.25, -0.2) is 4.79 Å². The molecule has 0 radical (unpaired) electrons. The fraction of sp³-hybridized carbons (Fsp3) is 0.867. The third-order valence-electron chi connectivity index (χ3n) is 2.84. The summed E-state index contributed by atoms with van der Waals surface area (Å²) in [6.45, 7) is 8.17. The predicted octanol–water partition coefficient (Wildman–Crippen LogP) is 3.27. The lowest BCUT2D eigenvalue weighted by molar-refractivity contribution is -0.141. The Hall–Kier alpha value is -1.26. The fourth-order valence-electron chi connectivity index (χ4n) is 1.97. The van der Waals surface area contributed by atoms with E-state index in [4.69, 9.17) is 9.47 Å². The monoisotopic (exact) mass is 287 g/mol. The SMILES string of the molecule is CCCC(CCCNC(=O)OC(C)(C)C)CC(=O)OC. The first-order valence-electron chi connectivity index (χ1n) is 7.32. The number of methoxy groups -OCH3 is 1. The van der Waals surface area contributed by atoms with Crippen molar-refractivity contribution in [3.63, 3.8) is 0 Å². The maximum Gasteiger partial charge on any atom is 0.407 e. The number of carbonyl (C=O) groups is 2. The van der Waals surface area contributed by atoms with Crippen LogP contribution in [0, 0.1) is 5.92 Å². The summed E-state index contributed by atoms with van der Waals surface area (Å²) in [6.07, 6.45) is 3.84. The summed E-state index contributed by atoms with van der Waals surface area (Å²) in [5.41, 5.74) is -0.473. The standard InChI is InChI=1S/C15H29NO4/c1-6-8-12(11-13(17)19-5)9-7-10-16-14(18)20-15(2,3)4/h12H,6-11H2,1-5H3,(H,16,18). The van der Waals surface area contributed by atoms with E-state index in [-0.39, 0.29) is 5.97 Å². The predicted molar refractivity (Wildman–Crippen MR) is 78.5 cm³/mol. The van der Waals surface area contributed by atoms with Gasteiger partial charge in [-0.1, -0.05) is 19.8 Å². The molecular weight excluding hydrogens is 258 g/mol. The molecule has 1 amide bonds. The van der Waals surface area contributed by atoms with Crippen LogP contribution >= 0.6 is 0 Å². The van der Waals surface area contributed by atoms with Gasteiger partial charge in [0.1, 0.15) is 5.60 Å². The quantitative estimate of drug-likeness (QED) is 0.549. The van der Waals surface area contributed by atoms with E-state index in [2.05, 4.69) is 12.2 Å². The van der Waals surface area contributed by atoms with E-state index in [1.165, 1.54) is 7.11 Å². The lowest BCUT2D eigenvalue weighted by atomic mass is 9.94. The number of ether oxygens (including phenoxy) is 2. The first kappa shape index (κ1) is 18.7. The van der Waals surface area contributed by atoms with Crippen LogP contribution in [0.25, 0.3) is 0 Å². The largest absolute Gasteiger partial charge is 0.469 e. The number of rotatable bonds is 8. The van der Waals surface area contributed by atoms with E-state index < -0.39 is 11.7 Å². The summed E-state index contributed by atoms with van der Waals surface area (Å²) in [6, 6.07) is 0. The summed E-state index contributed by atoms with van der Waals surface area (Å²) >= 11 is 0. The molecule has 0 aliphatic heterocycles. The van der Waals surface area contributed by atoms with Crippen molar-refractivity contribution in [3.05, 3.63) is 0 Å². The third-order valence-corrected chi connectivity index (χ3v) is 2.84. The molecule has 0 heterocycles. The molecule has 0 saturated carbocycles. The number of nitrogens with one attached hydrogen (secondary N) is 1. The van der Waals surface area contributed by atoms with Crippen LogP contribution in [0.5, 0.6) is 0 Å². The molecule has 0 aromatic rings. The van der Waals surface area contributed by atoms with Gasteiger partial charge in [0.25, 0.3) is 0 Å². The average molecular weight is 287 g/mol. The van der Waals surface area contributed by atoms with Crippen molar-refractivity contribution in [2.24, 2.45) is 5.92 Å². The van der Waals surface area contributed by atoms with Crippen molar-refractivity contribution in [3.8, 4) is 0 Å². The van der Waals surface area contributed by atoms with Crippen LogP contribution in [0.15, 0.2) is 0 Å². The van der Waals surface area contributed by atoms with E-state index in [0.717, 1.165) is 25.7 Å². The first-order valence-corrected chi connectivity index (χ1v) is 7.32. The number of hydrogen-bond acceptors (Lipinski definition) is 4. The zero-order valence-electron chi connectivity index (χ0n) is 13.5. The Kier molecular flexibility index (Phi) is 9.01. The second-order valence-electron chi connectivity index (χ2n) is 6.01. The van der Waals surface area contributed by atoms with E-state index in [1.54, 1.807) is 0 Å². The molecule has 0 rings (SSSR count). The topological polar surface area (TPSA) is 64.6 Å². The molecule has 0 bridgehead atoms. The highest BCUT2D eigenvalue weighted by Crippen LogP contribution is 2.18. The van der Waals surface area contributed by atoms with Gasteiger partial charge in [0, 0.05) is 13.0 Å². The first-order chi connectivity index (χ1) is 9.28. The van der Waals surface area contributed by atoms with Gasteiger partial charge in [-0.3, -0.25) is 4.79 Å². The highest BCUT2D eigenvalue weighted by molar-refractivity contribution is 5.69. The number of alkyl carbamates (subject to hydrolysis) is 1. The molecule has 0 aliphatic carbocycles. The van der Waals surface area contributed by atoms with Crippen LogP contribution in [0.3, 0.4) is 0 Å². The van der Waals surface area contributed by atoms with Gasteiger partial charge in [-0.15, -0.1) is 0 Å². The van der Waals surface area contributed by atoms with Gasteiger partial charge in [0.05, 0.1) is 7.11 Å². The maximum absolute atomic E-state index is 11.4. The minimum atomic E-state index is -0.473. The maximum atomic E-state index is 11.4. The molecule has 0 aromatic carbocycles. The molecule has 1 N–H and O–H groups in total. The smallest absolute Gasteiger partial charge is 0.407 e. The van der Waals surface area contributed by atoms with Crippen molar-refractivity contribution in [1.82, 2.24) is 5.32 Å². The molecule has 0 fully saturated rings. The van der Waals surface area contributed by atoms with Gasteiger partial charge in [-0.05, 0) is 39.5 Å². The zero-order valence-corrected chi connectivity index (χ0v) is 13.5. The Bertz CT molecular complexity index is 297. The highest BCUT2D eigenvalue weighted by Gasteiger charge is 2.16. The summed E-state index contributed by atoms with van der Waals surface area (Å²) in [5, 5.41) is 2.73. The van der Waals surface area contributed by atoms with Crippen LogP contribution in [0.2, 0.25) is 0 Å². The minimum absolute atomic E-state index is 0.163. The van der Waals surface area contributed by atoms with Crippen LogP contribution in [0.4, 0.5) is 4.79 Å². The van der Waals surface area contributed by atoms with Crippen LogP contribution in [0.1, 0.15) is 59.8 Å². The summed E-state index contributed by atoms with van der Waals surface area (Å²) in [4.78, 5) is 22.7. The molecule has 0 aromatic heterocycles. The molecule has 0 saturated heterocycles. The second-order valence-corrected chi connectivity index (χ2v) is 6.01. The average Bonchev–Trinajstić information content (AvgIpc) is 2.32. The zero-order chi connectivity index (χ0) is 15.6. The number of hydrogen-bond donors (Lipinski definition) is 1. The Balaban J connectivity index is 3.88. The van der Waals surface area contributed by atoms with Crippen molar-refractivity contribution in [2.45, 2.75) is 65.4 Å². The fourth-order valence-corrected chi connectivity index (χ4v) is 1.97. The molecule has 20 heavy (non-hydrogen) atoms. The third kappa shape index (κ3) is 10.6. The van der Waals surface area contributed by atoms with E-state index in [9.17, 15) is 9.59 Å². The van der Waals surface area contributed by atoms with Crippen molar-refractivity contribution >= 4 is 12.1 Å². The van der Waals surface area contributed by atoms with Crippen LogP contribution in [-0.2, 0) is 14.3 Å². The molecule has 5 nitrogen and oxygen atoms in total.